The summed E-state index contributed by atoms with van der Waals surface area (Å²) in [6.07, 6.45) is 0. The van der Waals surface area contributed by atoms with Gasteiger partial charge in [0.15, 0.2) is 0 Å². The first-order valence-electron chi connectivity index (χ1n) is 7.41. The Bertz CT molecular complexity index is 674. The van der Waals surface area contributed by atoms with Crippen LogP contribution >= 0.6 is 12.4 Å². The van der Waals surface area contributed by atoms with Crippen molar-refractivity contribution in [1.29, 1.82) is 0 Å². The lowest BCUT2D eigenvalue weighted by Gasteiger charge is -2.16. The molecule has 5 heteroatoms. The van der Waals surface area contributed by atoms with E-state index in [-0.39, 0.29) is 24.4 Å². The fourth-order valence-corrected chi connectivity index (χ4v) is 2.28. The topological polar surface area (TPSA) is 64.3 Å². The molecule has 3 N–H and O–H groups in total. The van der Waals surface area contributed by atoms with Gasteiger partial charge in [-0.1, -0.05) is 18.2 Å². The number of anilines is 1. The Hall–Kier alpha value is -2.20. The number of halogens is 1. The van der Waals surface area contributed by atoms with Crippen LogP contribution in [-0.4, -0.2) is 12.5 Å². The van der Waals surface area contributed by atoms with Crippen LogP contribution in [0.2, 0.25) is 0 Å². The van der Waals surface area contributed by atoms with Crippen LogP contribution in [0.1, 0.15) is 41.4 Å². The number of rotatable bonds is 5. The van der Waals surface area contributed by atoms with Crippen molar-refractivity contribution < 1.29 is 9.53 Å². The molecular formula is C18H23ClN2O2. The number of carbonyl (C=O) groups is 1. The molecule has 23 heavy (non-hydrogen) atoms. The number of carbonyl (C=O) groups excluding carboxylic acids is 1. The lowest BCUT2D eigenvalue weighted by molar-refractivity contribution is 0.0939. The summed E-state index contributed by atoms with van der Waals surface area (Å²) >= 11 is 0. The molecule has 0 aliphatic carbocycles. The number of hydrogen-bond donors (Lipinski definition) is 2. The normalized spacial score (nSPS) is 11.3. The highest BCUT2D eigenvalue weighted by atomic mass is 35.5. The summed E-state index contributed by atoms with van der Waals surface area (Å²) in [5, 5.41) is 3.00. The van der Waals surface area contributed by atoms with Gasteiger partial charge in [-0.25, -0.2) is 0 Å². The molecule has 124 valence electrons. The third-order valence-electron chi connectivity index (χ3n) is 3.52. The average molecular weight is 335 g/mol. The standard InChI is InChI=1S/C18H22N2O2.ClH/c1-4-22-16-7-5-6-14(10-16)13(3)20-18(21)17-11-15(19)9-8-12(17)2;/h5-11,13H,4,19H2,1-3H3,(H,20,21);1H. The molecule has 0 aliphatic heterocycles. The van der Waals surface area contributed by atoms with Gasteiger partial charge in [-0.2, -0.15) is 0 Å². The van der Waals surface area contributed by atoms with E-state index in [1.54, 1.807) is 12.1 Å². The molecule has 0 spiro atoms. The minimum atomic E-state index is -0.126. The average Bonchev–Trinajstić information content (AvgIpc) is 2.50. The minimum Gasteiger partial charge on any atom is -0.494 e. The lowest BCUT2D eigenvalue weighted by atomic mass is 10.0. The predicted octanol–water partition coefficient (Wildman–Crippen LogP) is 3.89. The first kappa shape index (κ1) is 18.8. The minimum absolute atomic E-state index is 0. The molecule has 0 saturated heterocycles. The molecule has 0 saturated carbocycles. The van der Waals surface area contributed by atoms with Crippen LogP contribution in [0, 0.1) is 6.92 Å². The monoisotopic (exact) mass is 334 g/mol. The Morgan fingerprint density at radius 2 is 2.00 bits per heavy atom. The van der Waals surface area contributed by atoms with Crippen LogP contribution in [0.4, 0.5) is 5.69 Å². The zero-order valence-corrected chi connectivity index (χ0v) is 14.4. The molecule has 2 aromatic carbocycles. The van der Waals surface area contributed by atoms with Gasteiger partial charge in [-0.05, 0) is 56.2 Å². The van der Waals surface area contributed by atoms with Crippen LogP contribution < -0.4 is 15.8 Å². The van der Waals surface area contributed by atoms with Gasteiger partial charge in [0.2, 0.25) is 0 Å². The highest BCUT2D eigenvalue weighted by Crippen LogP contribution is 2.20. The molecular weight excluding hydrogens is 312 g/mol. The number of nitrogen functional groups attached to an aromatic ring is 1. The van der Waals surface area contributed by atoms with Crippen molar-refractivity contribution in [3.8, 4) is 5.75 Å². The summed E-state index contributed by atoms with van der Waals surface area (Å²) in [5.74, 6) is 0.681. The molecule has 0 heterocycles. The molecule has 1 atom stereocenters. The maximum absolute atomic E-state index is 12.4. The first-order valence-corrected chi connectivity index (χ1v) is 7.41. The Morgan fingerprint density at radius 1 is 1.26 bits per heavy atom. The van der Waals surface area contributed by atoms with E-state index in [9.17, 15) is 4.79 Å². The molecule has 1 unspecified atom stereocenters. The second kappa shape index (κ2) is 8.44. The second-order valence-corrected chi connectivity index (χ2v) is 5.28. The van der Waals surface area contributed by atoms with Crippen molar-refractivity contribution in [3.05, 3.63) is 59.2 Å². The number of nitrogens with two attached hydrogens (primary N) is 1. The van der Waals surface area contributed by atoms with E-state index >= 15 is 0 Å². The maximum atomic E-state index is 12.4. The molecule has 2 aromatic rings. The lowest BCUT2D eigenvalue weighted by Crippen LogP contribution is -2.27. The van der Waals surface area contributed by atoms with Crippen molar-refractivity contribution in [2.75, 3.05) is 12.3 Å². The molecule has 2 rings (SSSR count). The van der Waals surface area contributed by atoms with Gasteiger partial charge >= 0.3 is 0 Å². The Balaban J connectivity index is 0.00000264. The van der Waals surface area contributed by atoms with Gasteiger partial charge in [0.1, 0.15) is 5.75 Å². The third kappa shape index (κ3) is 4.89. The Kier molecular flexibility index (Phi) is 6.91. The summed E-state index contributed by atoms with van der Waals surface area (Å²) in [4.78, 5) is 12.4. The number of benzene rings is 2. The van der Waals surface area contributed by atoms with Crippen LogP contribution in [0.5, 0.6) is 5.75 Å². The van der Waals surface area contributed by atoms with Crippen molar-refractivity contribution in [3.63, 3.8) is 0 Å². The van der Waals surface area contributed by atoms with Crippen molar-refractivity contribution in [1.82, 2.24) is 5.32 Å². The largest absolute Gasteiger partial charge is 0.494 e. The zero-order valence-electron chi connectivity index (χ0n) is 13.6. The van der Waals surface area contributed by atoms with E-state index in [2.05, 4.69) is 5.32 Å². The molecule has 0 bridgehead atoms. The van der Waals surface area contributed by atoms with E-state index in [0.717, 1.165) is 16.9 Å². The van der Waals surface area contributed by atoms with E-state index in [1.165, 1.54) is 0 Å². The van der Waals surface area contributed by atoms with E-state index in [0.29, 0.717) is 17.9 Å². The Labute approximate surface area is 143 Å². The van der Waals surface area contributed by atoms with Gasteiger partial charge in [-0.3, -0.25) is 4.79 Å². The fraction of sp³-hybridized carbons (Fsp3) is 0.278. The van der Waals surface area contributed by atoms with Gasteiger partial charge < -0.3 is 15.8 Å². The van der Waals surface area contributed by atoms with Crippen molar-refractivity contribution >= 4 is 24.0 Å². The van der Waals surface area contributed by atoms with E-state index in [4.69, 9.17) is 10.5 Å². The number of amides is 1. The van der Waals surface area contributed by atoms with Crippen LogP contribution in [0.25, 0.3) is 0 Å². The number of ether oxygens (including phenoxy) is 1. The molecule has 0 radical (unpaired) electrons. The number of hydrogen-bond acceptors (Lipinski definition) is 3. The summed E-state index contributed by atoms with van der Waals surface area (Å²) in [5.41, 5.74) is 8.86. The first-order chi connectivity index (χ1) is 10.5. The molecule has 0 fully saturated rings. The molecule has 1 amide bonds. The maximum Gasteiger partial charge on any atom is 0.252 e. The van der Waals surface area contributed by atoms with Gasteiger partial charge in [0, 0.05) is 11.3 Å². The fourth-order valence-electron chi connectivity index (χ4n) is 2.28. The highest BCUT2D eigenvalue weighted by molar-refractivity contribution is 5.96. The van der Waals surface area contributed by atoms with E-state index in [1.807, 2.05) is 51.1 Å². The zero-order chi connectivity index (χ0) is 16.1. The molecule has 0 aromatic heterocycles. The highest BCUT2D eigenvalue weighted by Gasteiger charge is 2.14. The molecule has 4 nitrogen and oxygen atoms in total. The number of aryl methyl sites for hydroxylation is 1. The smallest absolute Gasteiger partial charge is 0.252 e. The van der Waals surface area contributed by atoms with Crippen molar-refractivity contribution in [2.24, 2.45) is 0 Å². The Morgan fingerprint density at radius 3 is 2.70 bits per heavy atom. The summed E-state index contributed by atoms with van der Waals surface area (Å²) < 4.78 is 5.49. The SMILES string of the molecule is CCOc1cccc(C(C)NC(=O)c2cc(N)ccc2C)c1.Cl. The second-order valence-electron chi connectivity index (χ2n) is 5.28. The number of nitrogens with one attached hydrogen (secondary N) is 1. The van der Waals surface area contributed by atoms with Crippen molar-refractivity contribution in [2.45, 2.75) is 26.8 Å². The summed E-state index contributed by atoms with van der Waals surface area (Å²) in [7, 11) is 0. The molecule has 0 aliphatic rings. The van der Waals surface area contributed by atoms with Crippen LogP contribution in [0.3, 0.4) is 0 Å². The van der Waals surface area contributed by atoms with Crippen LogP contribution in [-0.2, 0) is 0 Å². The summed E-state index contributed by atoms with van der Waals surface area (Å²) in [6, 6.07) is 13.0. The quantitative estimate of drug-likeness (QED) is 0.815. The van der Waals surface area contributed by atoms with Gasteiger partial charge in [0.05, 0.1) is 12.6 Å². The van der Waals surface area contributed by atoms with E-state index < -0.39 is 0 Å². The van der Waals surface area contributed by atoms with Gasteiger partial charge in [-0.15, -0.1) is 12.4 Å². The predicted molar refractivity (Wildman–Crippen MR) is 96.3 cm³/mol. The third-order valence-corrected chi connectivity index (χ3v) is 3.52. The van der Waals surface area contributed by atoms with Gasteiger partial charge in [0.25, 0.3) is 5.91 Å². The van der Waals surface area contributed by atoms with Crippen LogP contribution in [0.15, 0.2) is 42.5 Å². The summed E-state index contributed by atoms with van der Waals surface area (Å²) in [6.45, 7) is 6.41.